The highest BCUT2D eigenvalue weighted by atomic mass is 16.2. The molecule has 12 nitrogen and oxygen atoms in total. The van der Waals surface area contributed by atoms with E-state index in [1.165, 1.54) is 26.2 Å². The fraction of sp³-hybridized carbons (Fsp3) is 0.514. The van der Waals surface area contributed by atoms with Gasteiger partial charge in [-0.2, -0.15) is 0 Å². The second-order valence-electron chi connectivity index (χ2n) is 14.5. The Labute approximate surface area is 277 Å². The number of hydrogen-bond acceptors (Lipinski definition) is 7. The van der Waals surface area contributed by atoms with Crippen molar-refractivity contribution in [2.75, 3.05) is 5.32 Å². The number of aromatic nitrogens is 1. The van der Waals surface area contributed by atoms with E-state index < -0.39 is 57.6 Å². The molecule has 12 heteroatoms. The van der Waals surface area contributed by atoms with Crippen molar-refractivity contribution < 1.29 is 28.8 Å². The molecule has 47 heavy (non-hydrogen) atoms. The summed E-state index contributed by atoms with van der Waals surface area (Å²) >= 11 is 0. The lowest BCUT2D eigenvalue weighted by molar-refractivity contribution is -0.140. The third kappa shape index (κ3) is 11.3. The zero-order valence-electron chi connectivity index (χ0n) is 29.2. The van der Waals surface area contributed by atoms with Crippen molar-refractivity contribution in [1.29, 1.82) is 0 Å². The first-order valence-corrected chi connectivity index (χ1v) is 15.7. The number of anilines is 1. The summed E-state index contributed by atoms with van der Waals surface area (Å²) in [4.78, 5) is 83.2. The molecule has 0 aliphatic carbocycles. The standard InChI is InChI=1S/C35H50N6O6/c1-22(2)20-25(28(44)40-35(9,10)31(47)41-34(7,8)30(46)37-24-16-18-36-19-17-24)38-29(45)32(3,4)21-26(42)33(5,6)39-27(43)23-14-12-11-13-15-23/h11-19,22,25H,20-21H2,1-10H3,(H,38,45)(H,39,43)(H,40,44)(H,41,47)(H,36,37,46)/t25-/m1/s1. The Kier molecular flexibility index (Phi) is 12.6. The maximum Gasteiger partial charge on any atom is 0.252 e. The number of nitrogens with zero attached hydrogens (tertiary/aromatic N) is 1. The van der Waals surface area contributed by atoms with Gasteiger partial charge in [0.1, 0.15) is 17.1 Å². The van der Waals surface area contributed by atoms with Crippen LogP contribution < -0.4 is 26.6 Å². The SMILES string of the molecule is CC(C)C[C@@H](NC(=O)C(C)(C)CC(=O)C(C)(C)NC(=O)c1ccccc1)C(=O)NC(C)(C)C(=O)NC(C)(C)C(=O)Nc1ccncc1. The number of pyridine rings is 1. The third-order valence-corrected chi connectivity index (χ3v) is 7.64. The van der Waals surface area contributed by atoms with Gasteiger partial charge in [-0.15, -0.1) is 0 Å². The molecule has 0 unspecified atom stereocenters. The number of carbonyl (C=O) groups excluding carboxylic acids is 6. The molecule has 1 aromatic heterocycles. The van der Waals surface area contributed by atoms with Crippen LogP contribution in [0.3, 0.4) is 0 Å². The van der Waals surface area contributed by atoms with Crippen LogP contribution in [0.15, 0.2) is 54.9 Å². The van der Waals surface area contributed by atoms with Gasteiger partial charge in [0.05, 0.1) is 11.0 Å². The van der Waals surface area contributed by atoms with Crippen LogP contribution >= 0.6 is 0 Å². The average Bonchev–Trinajstić information content (AvgIpc) is 2.96. The summed E-state index contributed by atoms with van der Waals surface area (Å²) in [6.07, 6.45) is 3.11. The summed E-state index contributed by atoms with van der Waals surface area (Å²) < 4.78 is 0. The van der Waals surface area contributed by atoms with Crippen LogP contribution in [0, 0.1) is 11.3 Å². The van der Waals surface area contributed by atoms with Crippen LogP contribution in [0.2, 0.25) is 0 Å². The van der Waals surface area contributed by atoms with E-state index in [1.54, 1.807) is 84.0 Å². The smallest absolute Gasteiger partial charge is 0.252 e. The Morgan fingerprint density at radius 3 is 1.79 bits per heavy atom. The van der Waals surface area contributed by atoms with Gasteiger partial charge in [0.15, 0.2) is 5.78 Å². The first-order valence-electron chi connectivity index (χ1n) is 15.7. The van der Waals surface area contributed by atoms with E-state index >= 15 is 0 Å². The maximum absolute atomic E-state index is 13.5. The van der Waals surface area contributed by atoms with Crippen LogP contribution in [-0.4, -0.2) is 63.0 Å². The van der Waals surface area contributed by atoms with Gasteiger partial charge in [-0.05, 0) is 78.1 Å². The van der Waals surface area contributed by atoms with E-state index in [0.29, 0.717) is 11.3 Å². The zero-order chi connectivity index (χ0) is 35.8. The van der Waals surface area contributed by atoms with E-state index in [2.05, 4.69) is 31.6 Å². The van der Waals surface area contributed by atoms with Gasteiger partial charge in [-0.25, -0.2) is 0 Å². The molecule has 5 N–H and O–H groups in total. The number of Topliss-reactive ketones (excluding diaryl/α,β-unsaturated/α-hetero) is 1. The molecule has 1 aromatic carbocycles. The predicted molar refractivity (Wildman–Crippen MR) is 180 cm³/mol. The molecule has 0 bridgehead atoms. The van der Waals surface area contributed by atoms with Crippen molar-refractivity contribution in [3.05, 3.63) is 60.4 Å². The Bertz CT molecular complexity index is 1450. The molecule has 0 aliphatic heterocycles. The van der Waals surface area contributed by atoms with E-state index in [0.717, 1.165) is 0 Å². The number of ketones is 1. The summed E-state index contributed by atoms with van der Waals surface area (Å²) in [7, 11) is 0. The minimum atomic E-state index is -1.46. The van der Waals surface area contributed by atoms with E-state index in [1.807, 2.05) is 13.8 Å². The lowest BCUT2D eigenvalue weighted by Crippen LogP contribution is -2.64. The monoisotopic (exact) mass is 650 g/mol. The molecular formula is C35H50N6O6. The fourth-order valence-electron chi connectivity index (χ4n) is 4.45. The van der Waals surface area contributed by atoms with Crippen molar-refractivity contribution in [2.45, 2.75) is 105 Å². The molecule has 5 amide bonds. The highest BCUT2D eigenvalue weighted by molar-refractivity contribution is 6.03. The molecule has 0 saturated heterocycles. The number of rotatable bonds is 15. The van der Waals surface area contributed by atoms with Crippen molar-refractivity contribution in [3.8, 4) is 0 Å². The van der Waals surface area contributed by atoms with Gasteiger partial charge in [0.25, 0.3) is 5.91 Å². The molecule has 0 aliphatic rings. The Morgan fingerprint density at radius 1 is 0.681 bits per heavy atom. The summed E-state index contributed by atoms with van der Waals surface area (Å²) in [5.74, 6) is -2.98. The molecule has 2 aromatic rings. The average molecular weight is 651 g/mol. The Morgan fingerprint density at radius 2 is 1.23 bits per heavy atom. The third-order valence-electron chi connectivity index (χ3n) is 7.64. The predicted octanol–water partition coefficient (Wildman–Crippen LogP) is 3.53. The van der Waals surface area contributed by atoms with Gasteiger partial charge in [-0.1, -0.05) is 45.9 Å². The van der Waals surface area contributed by atoms with Crippen molar-refractivity contribution >= 4 is 41.0 Å². The minimum absolute atomic E-state index is 0.00400. The molecule has 2 rings (SSSR count). The number of nitrogens with one attached hydrogen (secondary N) is 5. The fourth-order valence-corrected chi connectivity index (χ4v) is 4.45. The quantitative estimate of drug-likeness (QED) is 0.196. The number of carbonyl (C=O) groups is 6. The summed E-state index contributed by atoms with van der Waals surface area (Å²) in [5.41, 5.74) is -4.38. The van der Waals surface area contributed by atoms with Gasteiger partial charge in [0.2, 0.25) is 23.6 Å². The lowest BCUT2D eigenvalue weighted by Gasteiger charge is -2.34. The normalized spacial score (nSPS) is 12.8. The van der Waals surface area contributed by atoms with Gasteiger partial charge >= 0.3 is 0 Å². The Hall–Kier alpha value is -4.61. The minimum Gasteiger partial charge on any atom is -0.344 e. The van der Waals surface area contributed by atoms with Crippen LogP contribution in [0.1, 0.15) is 92.4 Å². The van der Waals surface area contributed by atoms with Crippen LogP contribution in [0.25, 0.3) is 0 Å². The van der Waals surface area contributed by atoms with Crippen LogP contribution in [0.5, 0.6) is 0 Å². The molecule has 0 radical (unpaired) electrons. The number of benzene rings is 1. The largest absolute Gasteiger partial charge is 0.344 e. The topological polar surface area (TPSA) is 175 Å². The lowest BCUT2D eigenvalue weighted by atomic mass is 9.80. The highest BCUT2D eigenvalue weighted by Gasteiger charge is 2.41. The number of hydrogen-bond donors (Lipinski definition) is 5. The van der Waals surface area contributed by atoms with Crippen LogP contribution in [-0.2, 0) is 24.0 Å². The first-order chi connectivity index (χ1) is 21.6. The van der Waals surface area contributed by atoms with Gasteiger partial charge in [0, 0.05) is 30.1 Å². The summed E-state index contributed by atoms with van der Waals surface area (Å²) in [6, 6.07) is 10.7. The first kappa shape index (κ1) is 38.6. The number of amides is 5. The molecule has 0 fully saturated rings. The molecular weight excluding hydrogens is 600 g/mol. The van der Waals surface area contributed by atoms with E-state index in [4.69, 9.17) is 0 Å². The Balaban J connectivity index is 2.09. The van der Waals surface area contributed by atoms with Crippen molar-refractivity contribution in [3.63, 3.8) is 0 Å². The molecule has 0 spiro atoms. The molecule has 0 saturated carbocycles. The van der Waals surface area contributed by atoms with E-state index in [-0.39, 0.29) is 24.5 Å². The summed E-state index contributed by atoms with van der Waals surface area (Å²) in [6.45, 7) is 16.2. The second kappa shape index (κ2) is 15.3. The van der Waals surface area contributed by atoms with Crippen LogP contribution in [0.4, 0.5) is 5.69 Å². The van der Waals surface area contributed by atoms with Crippen molar-refractivity contribution in [2.24, 2.45) is 11.3 Å². The maximum atomic E-state index is 13.5. The summed E-state index contributed by atoms with van der Waals surface area (Å²) in [5, 5.41) is 13.6. The molecule has 1 heterocycles. The second-order valence-corrected chi connectivity index (χ2v) is 14.5. The van der Waals surface area contributed by atoms with Crippen molar-refractivity contribution in [1.82, 2.24) is 26.3 Å². The van der Waals surface area contributed by atoms with Gasteiger partial charge < -0.3 is 26.6 Å². The van der Waals surface area contributed by atoms with Gasteiger partial charge in [-0.3, -0.25) is 33.8 Å². The molecule has 256 valence electrons. The molecule has 1 atom stereocenters. The zero-order valence-corrected chi connectivity index (χ0v) is 29.2. The van der Waals surface area contributed by atoms with E-state index in [9.17, 15) is 28.8 Å². The highest BCUT2D eigenvalue weighted by Crippen LogP contribution is 2.25.